The summed E-state index contributed by atoms with van der Waals surface area (Å²) < 4.78 is 0. The Kier molecular flexibility index (Phi) is 1.36. The quantitative estimate of drug-likeness (QED) is 0.620. The van der Waals surface area contributed by atoms with Gasteiger partial charge in [-0.3, -0.25) is 4.79 Å². The zero-order chi connectivity index (χ0) is 8.77. The summed E-state index contributed by atoms with van der Waals surface area (Å²) in [5, 5.41) is 0. The van der Waals surface area contributed by atoms with Crippen LogP contribution in [0.1, 0.15) is 22.8 Å². The van der Waals surface area contributed by atoms with Crippen LogP contribution in [0.15, 0.2) is 24.3 Å². The van der Waals surface area contributed by atoms with Crippen molar-refractivity contribution in [2.75, 3.05) is 0 Å². The molecule has 1 aliphatic carbocycles. The van der Waals surface area contributed by atoms with Crippen molar-refractivity contribution in [3.05, 3.63) is 35.4 Å². The molecule has 0 aliphatic heterocycles. The number of fused-ring (bicyclic) bond motifs is 1. The van der Waals surface area contributed by atoms with E-state index in [-0.39, 0.29) is 5.78 Å². The molecule has 0 radical (unpaired) electrons. The van der Waals surface area contributed by atoms with Crippen LogP contribution in [0.3, 0.4) is 0 Å². The van der Waals surface area contributed by atoms with Crippen molar-refractivity contribution in [3.63, 3.8) is 0 Å². The lowest BCUT2D eigenvalue weighted by atomic mass is 9.99. The summed E-state index contributed by atoms with van der Waals surface area (Å²) in [6, 6.07) is 7.62. The highest BCUT2D eigenvalue weighted by Crippen LogP contribution is 2.27. The molecule has 2 nitrogen and oxygen atoms in total. The van der Waals surface area contributed by atoms with E-state index in [0.717, 1.165) is 11.1 Å². The second-order valence-corrected chi connectivity index (χ2v) is 3.58. The topological polar surface area (TPSA) is 43.1 Å². The largest absolute Gasteiger partial charge is 0.319 e. The monoisotopic (exact) mass is 161 g/mol. The average Bonchev–Trinajstić information content (AvgIpc) is 2.24. The normalized spacial score (nSPS) is 27.3. The van der Waals surface area contributed by atoms with Crippen LogP contribution in [0.25, 0.3) is 0 Å². The molecule has 0 saturated carbocycles. The van der Waals surface area contributed by atoms with E-state index in [1.54, 1.807) is 6.92 Å². The minimum Gasteiger partial charge on any atom is -0.319 e. The van der Waals surface area contributed by atoms with Gasteiger partial charge in [0.25, 0.3) is 0 Å². The fourth-order valence-corrected chi connectivity index (χ4v) is 1.68. The molecule has 2 heteroatoms. The molecule has 1 aliphatic rings. The molecule has 1 aromatic carbocycles. The summed E-state index contributed by atoms with van der Waals surface area (Å²) in [5.41, 5.74) is 7.02. The number of carbonyl (C=O) groups excluding carboxylic acids is 1. The molecule has 0 spiro atoms. The lowest BCUT2D eigenvalue weighted by Gasteiger charge is -2.13. The smallest absolute Gasteiger partial charge is 0.182 e. The Hall–Kier alpha value is -1.15. The summed E-state index contributed by atoms with van der Waals surface area (Å²) >= 11 is 0. The van der Waals surface area contributed by atoms with Gasteiger partial charge in [-0.05, 0) is 18.9 Å². The number of nitrogens with two attached hydrogens (primary N) is 1. The van der Waals surface area contributed by atoms with Crippen molar-refractivity contribution in [2.45, 2.75) is 18.9 Å². The molecule has 0 heterocycles. The molecule has 0 aromatic heterocycles. The number of carbonyl (C=O) groups is 1. The molecule has 0 fully saturated rings. The van der Waals surface area contributed by atoms with Gasteiger partial charge in [0.15, 0.2) is 5.78 Å². The molecule has 1 aromatic rings. The summed E-state index contributed by atoms with van der Waals surface area (Å²) in [6.07, 6.45) is 0.669. The standard InChI is InChI=1S/C10H11NO/c1-10(11)6-7-4-2-3-5-8(7)9(10)12/h2-5H,6,11H2,1H3. The molecule has 12 heavy (non-hydrogen) atoms. The fourth-order valence-electron chi connectivity index (χ4n) is 1.68. The van der Waals surface area contributed by atoms with E-state index in [2.05, 4.69) is 0 Å². The first-order valence-corrected chi connectivity index (χ1v) is 4.03. The summed E-state index contributed by atoms with van der Waals surface area (Å²) in [5.74, 6) is 0.0677. The number of rotatable bonds is 0. The van der Waals surface area contributed by atoms with Gasteiger partial charge < -0.3 is 5.73 Å². The van der Waals surface area contributed by atoms with Crippen LogP contribution in [-0.2, 0) is 6.42 Å². The van der Waals surface area contributed by atoms with E-state index in [9.17, 15) is 4.79 Å². The van der Waals surface area contributed by atoms with Crippen molar-refractivity contribution in [1.82, 2.24) is 0 Å². The zero-order valence-electron chi connectivity index (χ0n) is 7.00. The van der Waals surface area contributed by atoms with Gasteiger partial charge in [0.05, 0.1) is 5.54 Å². The lowest BCUT2D eigenvalue weighted by Crippen LogP contribution is -2.42. The van der Waals surface area contributed by atoms with Gasteiger partial charge in [-0.1, -0.05) is 24.3 Å². The minimum atomic E-state index is -0.677. The van der Waals surface area contributed by atoms with Crippen molar-refractivity contribution in [1.29, 1.82) is 0 Å². The molecular formula is C10H11NO. The Morgan fingerprint density at radius 3 is 2.75 bits per heavy atom. The Morgan fingerprint density at radius 1 is 1.42 bits per heavy atom. The van der Waals surface area contributed by atoms with Gasteiger partial charge in [-0.15, -0.1) is 0 Å². The van der Waals surface area contributed by atoms with E-state index in [1.807, 2.05) is 24.3 Å². The zero-order valence-corrected chi connectivity index (χ0v) is 7.00. The van der Waals surface area contributed by atoms with E-state index in [4.69, 9.17) is 5.73 Å². The highest BCUT2D eigenvalue weighted by Gasteiger charge is 2.37. The fraction of sp³-hybridized carbons (Fsp3) is 0.300. The Balaban J connectivity index is 2.57. The van der Waals surface area contributed by atoms with E-state index in [1.165, 1.54) is 0 Å². The second-order valence-electron chi connectivity index (χ2n) is 3.58. The number of benzene rings is 1. The van der Waals surface area contributed by atoms with Crippen LogP contribution >= 0.6 is 0 Å². The molecular weight excluding hydrogens is 150 g/mol. The van der Waals surface area contributed by atoms with Crippen LogP contribution in [0.4, 0.5) is 0 Å². The van der Waals surface area contributed by atoms with Gasteiger partial charge in [0.2, 0.25) is 0 Å². The van der Waals surface area contributed by atoms with Crippen LogP contribution < -0.4 is 5.73 Å². The Bertz CT molecular complexity index is 341. The molecule has 0 saturated heterocycles. The van der Waals surface area contributed by atoms with Gasteiger partial charge >= 0.3 is 0 Å². The molecule has 1 atom stereocenters. The van der Waals surface area contributed by atoms with Gasteiger partial charge in [0.1, 0.15) is 0 Å². The molecule has 2 rings (SSSR count). The average molecular weight is 161 g/mol. The highest BCUT2D eigenvalue weighted by molar-refractivity contribution is 6.07. The number of Topliss-reactive ketones (excluding diaryl/α,β-unsaturated/α-hetero) is 1. The third kappa shape index (κ3) is 0.883. The molecule has 2 N–H and O–H groups in total. The van der Waals surface area contributed by atoms with Gasteiger partial charge in [0, 0.05) is 5.56 Å². The maximum atomic E-state index is 11.6. The number of hydrogen-bond donors (Lipinski definition) is 1. The second kappa shape index (κ2) is 2.17. The lowest BCUT2D eigenvalue weighted by molar-refractivity contribution is 0.0920. The van der Waals surface area contributed by atoms with Crippen molar-refractivity contribution >= 4 is 5.78 Å². The van der Waals surface area contributed by atoms with Crippen molar-refractivity contribution in [3.8, 4) is 0 Å². The Morgan fingerprint density at radius 2 is 2.08 bits per heavy atom. The van der Waals surface area contributed by atoms with Gasteiger partial charge in [-0.2, -0.15) is 0 Å². The first-order chi connectivity index (χ1) is 5.61. The van der Waals surface area contributed by atoms with Crippen LogP contribution in [0.5, 0.6) is 0 Å². The van der Waals surface area contributed by atoms with Crippen LogP contribution in [0, 0.1) is 0 Å². The van der Waals surface area contributed by atoms with Crippen LogP contribution in [-0.4, -0.2) is 11.3 Å². The third-order valence-electron chi connectivity index (χ3n) is 2.34. The first-order valence-electron chi connectivity index (χ1n) is 4.03. The maximum absolute atomic E-state index is 11.6. The van der Waals surface area contributed by atoms with E-state index in [0.29, 0.717) is 6.42 Å². The summed E-state index contributed by atoms with van der Waals surface area (Å²) in [6.45, 7) is 1.79. The predicted molar refractivity (Wildman–Crippen MR) is 47.1 cm³/mol. The molecule has 1 unspecified atom stereocenters. The summed E-state index contributed by atoms with van der Waals surface area (Å²) in [7, 11) is 0. The Labute approximate surface area is 71.4 Å². The number of hydrogen-bond acceptors (Lipinski definition) is 2. The molecule has 0 amide bonds. The van der Waals surface area contributed by atoms with Crippen LogP contribution in [0.2, 0.25) is 0 Å². The molecule has 0 bridgehead atoms. The molecule has 62 valence electrons. The van der Waals surface area contributed by atoms with Crippen molar-refractivity contribution < 1.29 is 4.79 Å². The highest BCUT2D eigenvalue weighted by atomic mass is 16.1. The van der Waals surface area contributed by atoms with Gasteiger partial charge in [-0.25, -0.2) is 0 Å². The van der Waals surface area contributed by atoms with E-state index < -0.39 is 5.54 Å². The predicted octanol–water partition coefficient (Wildman–Crippen LogP) is 1.14. The number of ketones is 1. The maximum Gasteiger partial charge on any atom is 0.182 e. The first kappa shape index (κ1) is 7.50. The third-order valence-corrected chi connectivity index (χ3v) is 2.34. The minimum absolute atomic E-state index is 0.0677. The SMILES string of the molecule is CC1(N)Cc2ccccc2C1=O. The van der Waals surface area contributed by atoms with Crippen molar-refractivity contribution in [2.24, 2.45) is 5.73 Å². The summed E-state index contributed by atoms with van der Waals surface area (Å²) in [4.78, 5) is 11.6. The van der Waals surface area contributed by atoms with E-state index >= 15 is 0 Å².